The van der Waals surface area contributed by atoms with E-state index in [0.29, 0.717) is 0 Å². The Morgan fingerprint density at radius 3 is 2.19 bits per heavy atom. The van der Waals surface area contributed by atoms with Crippen molar-refractivity contribution < 1.29 is 44.6 Å². The summed E-state index contributed by atoms with van der Waals surface area (Å²) in [4.78, 5) is 22.2. The molecule has 5 unspecified atom stereocenters. The molecule has 0 radical (unpaired) electrons. The number of hydrogen-bond donors (Lipinski definition) is 7. The van der Waals surface area contributed by atoms with Crippen molar-refractivity contribution in [3.63, 3.8) is 0 Å². The second-order valence-corrected chi connectivity index (χ2v) is 6.32. The van der Waals surface area contributed by atoms with Crippen LogP contribution in [0.25, 0.3) is 0 Å². The van der Waals surface area contributed by atoms with E-state index in [1.165, 1.54) is 20.8 Å². The Morgan fingerprint density at radius 2 is 1.69 bits per heavy atom. The quantitative estimate of drug-likeness (QED) is 0.222. The Hall–Kier alpha value is -1.34. The van der Waals surface area contributed by atoms with Gasteiger partial charge in [0.05, 0.1) is 18.8 Å². The lowest BCUT2D eigenvalue weighted by Gasteiger charge is -2.41. The number of ether oxygens (including phenoxy) is 2. The molecule has 0 aromatic carbocycles. The summed E-state index contributed by atoms with van der Waals surface area (Å²) in [5.74, 6) is -0.841. The Bertz CT molecular complexity index is 476. The van der Waals surface area contributed by atoms with Crippen molar-refractivity contribution in [1.29, 1.82) is 0 Å². The Kier molecular flexibility index (Phi) is 8.83. The average molecular weight is 380 g/mol. The maximum Gasteiger partial charge on any atom is 0.217 e. The van der Waals surface area contributed by atoms with E-state index >= 15 is 0 Å². The lowest BCUT2D eigenvalue weighted by atomic mass is 9.98. The molecule has 1 rings (SSSR count). The summed E-state index contributed by atoms with van der Waals surface area (Å²) in [5, 5.41) is 54.1. The van der Waals surface area contributed by atoms with Crippen LogP contribution in [0, 0.1) is 0 Å². The van der Waals surface area contributed by atoms with Gasteiger partial charge in [-0.1, -0.05) is 0 Å². The molecule has 11 nitrogen and oxygen atoms in total. The summed E-state index contributed by atoms with van der Waals surface area (Å²) < 4.78 is 10.7. The van der Waals surface area contributed by atoms with Gasteiger partial charge in [0, 0.05) is 20.4 Å². The van der Waals surface area contributed by atoms with Gasteiger partial charge in [-0.15, -0.1) is 0 Å². The first-order valence-electron chi connectivity index (χ1n) is 8.23. The van der Waals surface area contributed by atoms with Gasteiger partial charge in [-0.2, -0.15) is 0 Å². The molecule has 0 aliphatic carbocycles. The zero-order valence-corrected chi connectivity index (χ0v) is 14.9. The number of aliphatic hydroxyl groups excluding tert-OH is 5. The van der Waals surface area contributed by atoms with E-state index in [-0.39, 0.29) is 19.1 Å². The van der Waals surface area contributed by atoms with E-state index in [4.69, 9.17) is 9.47 Å². The summed E-state index contributed by atoms with van der Waals surface area (Å²) in [5.41, 5.74) is 0. The first-order chi connectivity index (χ1) is 12.0. The van der Waals surface area contributed by atoms with Gasteiger partial charge >= 0.3 is 0 Å². The SMILES string of the molecule is CC(=O)NCC1OC(OC[C@H](NC(C)=O)[C@H](O)[C@@H](C)O)C(O)C(O)C1O. The molecule has 0 saturated carbocycles. The third-order valence-electron chi connectivity index (χ3n) is 3.96. The molecule has 2 amide bonds. The normalized spacial score (nSPS) is 32.4. The fraction of sp³-hybridized carbons (Fsp3) is 0.867. The standard InChI is InChI=1S/C15H28N2O9/c1-6(18)11(21)9(17-8(3)20)5-25-15-14(24)13(23)12(22)10(26-15)4-16-7(2)19/h6,9-15,18,21-24H,4-5H2,1-3H3,(H,16,19)(H,17,20)/t6-,9+,10?,11-,12?,13?,14?,15?/m1/s1. The predicted molar refractivity (Wildman–Crippen MR) is 86.6 cm³/mol. The molecule has 1 aliphatic heterocycles. The maximum absolute atomic E-state index is 11.2. The van der Waals surface area contributed by atoms with Gasteiger partial charge in [-0.25, -0.2) is 0 Å². The summed E-state index contributed by atoms with van der Waals surface area (Å²) in [6, 6.07) is -0.999. The summed E-state index contributed by atoms with van der Waals surface area (Å²) >= 11 is 0. The topological polar surface area (TPSA) is 178 Å². The van der Waals surface area contributed by atoms with Gasteiger partial charge in [0.25, 0.3) is 0 Å². The molecule has 7 N–H and O–H groups in total. The van der Waals surface area contributed by atoms with Crippen LogP contribution in [0.15, 0.2) is 0 Å². The highest BCUT2D eigenvalue weighted by atomic mass is 16.7. The molecule has 1 saturated heterocycles. The highest BCUT2D eigenvalue weighted by Gasteiger charge is 2.44. The Morgan fingerprint density at radius 1 is 1.08 bits per heavy atom. The van der Waals surface area contributed by atoms with Crippen LogP contribution < -0.4 is 10.6 Å². The molecule has 11 heteroatoms. The molecule has 152 valence electrons. The number of carbonyl (C=O) groups excluding carboxylic acids is 2. The zero-order chi connectivity index (χ0) is 20.0. The highest BCUT2D eigenvalue weighted by Crippen LogP contribution is 2.22. The minimum atomic E-state index is -1.60. The maximum atomic E-state index is 11.2. The highest BCUT2D eigenvalue weighted by molar-refractivity contribution is 5.73. The second kappa shape index (κ2) is 10.1. The fourth-order valence-electron chi connectivity index (χ4n) is 2.49. The summed E-state index contributed by atoms with van der Waals surface area (Å²) in [6.07, 6.45) is -9.56. The molecular weight excluding hydrogens is 352 g/mol. The van der Waals surface area contributed by atoms with Crippen LogP contribution in [0.2, 0.25) is 0 Å². The average Bonchev–Trinajstić information content (AvgIpc) is 2.55. The minimum Gasteiger partial charge on any atom is -0.391 e. The number of nitrogens with one attached hydrogen (secondary N) is 2. The largest absolute Gasteiger partial charge is 0.391 e. The summed E-state index contributed by atoms with van der Waals surface area (Å²) in [6.45, 7) is 3.35. The van der Waals surface area contributed by atoms with E-state index in [1.54, 1.807) is 0 Å². The van der Waals surface area contributed by atoms with E-state index in [9.17, 15) is 35.1 Å². The zero-order valence-electron chi connectivity index (χ0n) is 14.9. The number of hydrogen-bond acceptors (Lipinski definition) is 9. The van der Waals surface area contributed by atoms with E-state index in [2.05, 4.69) is 10.6 Å². The van der Waals surface area contributed by atoms with Gasteiger partial charge in [-0.05, 0) is 6.92 Å². The lowest BCUT2D eigenvalue weighted by Crippen LogP contribution is -2.61. The number of carbonyl (C=O) groups is 2. The van der Waals surface area contributed by atoms with Gasteiger partial charge in [-0.3, -0.25) is 9.59 Å². The first kappa shape index (κ1) is 22.7. The molecule has 0 spiro atoms. The monoisotopic (exact) mass is 380 g/mol. The van der Waals surface area contributed by atoms with Crippen LogP contribution in [0.4, 0.5) is 0 Å². The molecule has 1 heterocycles. The van der Waals surface area contributed by atoms with Crippen LogP contribution in [-0.2, 0) is 19.1 Å². The van der Waals surface area contributed by atoms with E-state index < -0.39 is 54.9 Å². The number of amides is 2. The van der Waals surface area contributed by atoms with Crippen LogP contribution in [0.1, 0.15) is 20.8 Å². The third-order valence-corrected chi connectivity index (χ3v) is 3.96. The molecule has 0 aromatic rings. The number of rotatable bonds is 8. The minimum absolute atomic E-state index is 0.119. The molecule has 1 aliphatic rings. The molecule has 0 aromatic heterocycles. The first-order valence-corrected chi connectivity index (χ1v) is 8.23. The molecular formula is C15H28N2O9. The summed E-state index contributed by atoms with van der Waals surface area (Å²) in [7, 11) is 0. The van der Waals surface area contributed by atoms with Gasteiger partial charge in [0.2, 0.25) is 11.8 Å². The van der Waals surface area contributed by atoms with Crippen molar-refractivity contribution in [2.75, 3.05) is 13.2 Å². The van der Waals surface area contributed by atoms with Crippen LogP contribution in [0.5, 0.6) is 0 Å². The Labute approximate surface area is 150 Å². The van der Waals surface area contributed by atoms with Crippen LogP contribution >= 0.6 is 0 Å². The molecule has 1 fully saturated rings. The smallest absolute Gasteiger partial charge is 0.217 e. The molecule has 26 heavy (non-hydrogen) atoms. The molecule has 0 bridgehead atoms. The van der Waals surface area contributed by atoms with Crippen molar-refractivity contribution in [3.05, 3.63) is 0 Å². The van der Waals surface area contributed by atoms with E-state index in [0.717, 1.165) is 0 Å². The van der Waals surface area contributed by atoms with Crippen molar-refractivity contribution in [2.45, 2.75) is 69.7 Å². The third kappa shape index (κ3) is 6.43. The van der Waals surface area contributed by atoms with Gasteiger partial charge in [0.15, 0.2) is 6.29 Å². The van der Waals surface area contributed by atoms with Gasteiger partial charge < -0.3 is 45.6 Å². The van der Waals surface area contributed by atoms with Crippen LogP contribution in [0.3, 0.4) is 0 Å². The lowest BCUT2D eigenvalue weighted by molar-refractivity contribution is -0.297. The number of aliphatic hydroxyl groups is 5. The van der Waals surface area contributed by atoms with Crippen LogP contribution in [-0.4, -0.2) is 99.5 Å². The second-order valence-electron chi connectivity index (χ2n) is 6.32. The van der Waals surface area contributed by atoms with E-state index in [1.807, 2.05) is 0 Å². The molecule has 8 atom stereocenters. The fourth-order valence-corrected chi connectivity index (χ4v) is 2.49. The predicted octanol–water partition coefficient (Wildman–Crippen LogP) is -3.81. The van der Waals surface area contributed by atoms with Gasteiger partial charge in [0.1, 0.15) is 30.5 Å². The van der Waals surface area contributed by atoms with Crippen molar-refractivity contribution in [3.8, 4) is 0 Å². The Balaban J connectivity index is 2.74. The van der Waals surface area contributed by atoms with Crippen molar-refractivity contribution in [1.82, 2.24) is 10.6 Å². The van der Waals surface area contributed by atoms with Crippen molar-refractivity contribution in [2.24, 2.45) is 0 Å². The van der Waals surface area contributed by atoms with Crippen molar-refractivity contribution >= 4 is 11.8 Å².